The lowest BCUT2D eigenvalue weighted by molar-refractivity contribution is 0.284. The van der Waals surface area contributed by atoms with Gasteiger partial charge in [0.05, 0.1) is 5.75 Å². The van der Waals surface area contributed by atoms with Crippen LogP contribution >= 0.6 is 0 Å². The van der Waals surface area contributed by atoms with Crippen molar-refractivity contribution in [2.75, 3.05) is 31.9 Å². The van der Waals surface area contributed by atoms with Crippen LogP contribution in [-0.2, 0) is 10.0 Å². The van der Waals surface area contributed by atoms with Crippen molar-refractivity contribution in [1.82, 2.24) is 9.62 Å². The molecule has 17 heavy (non-hydrogen) atoms. The van der Waals surface area contributed by atoms with Crippen molar-refractivity contribution in [3.05, 3.63) is 0 Å². The highest BCUT2D eigenvalue weighted by atomic mass is 32.2. The Hall–Kier alpha value is -0.130. The van der Waals surface area contributed by atoms with Crippen molar-refractivity contribution in [3.8, 4) is 0 Å². The van der Waals surface area contributed by atoms with Crippen molar-refractivity contribution >= 4 is 10.0 Å². The van der Waals surface area contributed by atoms with Gasteiger partial charge in [-0.15, -0.1) is 0 Å². The Labute approximate surface area is 105 Å². The fraction of sp³-hybridized carbons (Fsp3) is 1.00. The minimum Gasteiger partial charge on any atom is -0.317 e. The maximum atomic E-state index is 12.3. The Balaban J connectivity index is 1.89. The molecule has 2 fully saturated rings. The second kappa shape index (κ2) is 5.67. The van der Waals surface area contributed by atoms with Gasteiger partial charge in [-0.3, -0.25) is 0 Å². The molecule has 1 N–H and O–H groups in total. The van der Waals surface area contributed by atoms with Gasteiger partial charge < -0.3 is 5.32 Å². The summed E-state index contributed by atoms with van der Waals surface area (Å²) in [5, 5.41) is 3.28. The molecule has 0 atom stereocenters. The maximum absolute atomic E-state index is 12.3. The van der Waals surface area contributed by atoms with Crippen LogP contribution < -0.4 is 5.32 Å². The fourth-order valence-electron chi connectivity index (χ4n) is 2.71. The summed E-state index contributed by atoms with van der Waals surface area (Å²) in [6, 6.07) is 0. The first-order valence-corrected chi connectivity index (χ1v) is 8.37. The quantitative estimate of drug-likeness (QED) is 0.825. The number of hydrogen-bond acceptors (Lipinski definition) is 3. The molecule has 0 aromatic carbocycles. The molecule has 0 aliphatic carbocycles. The van der Waals surface area contributed by atoms with Gasteiger partial charge in [0.15, 0.2) is 0 Å². The van der Waals surface area contributed by atoms with Crippen molar-refractivity contribution in [3.63, 3.8) is 0 Å². The summed E-state index contributed by atoms with van der Waals surface area (Å²) in [4.78, 5) is 0. The molecule has 2 saturated heterocycles. The van der Waals surface area contributed by atoms with Gasteiger partial charge >= 0.3 is 0 Å². The van der Waals surface area contributed by atoms with Gasteiger partial charge in [0.2, 0.25) is 10.0 Å². The third-order valence-electron chi connectivity index (χ3n) is 4.04. The van der Waals surface area contributed by atoms with Gasteiger partial charge in [0.1, 0.15) is 0 Å². The predicted octanol–water partition coefficient (Wildman–Crippen LogP) is 1.05. The third kappa shape index (κ3) is 3.66. The SMILES string of the molecule is CC1CCN(S(=O)(=O)CC2CCNCC2)CC1. The van der Waals surface area contributed by atoms with Gasteiger partial charge in [-0.1, -0.05) is 6.92 Å². The van der Waals surface area contributed by atoms with E-state index >= 15 is 0 Å². The van der Waals surface area contributed by atoms with E-state index in [2.05, 4.69) is 12.2 Å². The van der Waals surface area contributed by atoms with E-state index < -0.39 is 10.0 Å². The number of sulfonamides is 1. The van der Waals surface area contributed by atoms with Gasteiger partial charge in [-0.2, -0.15) is 0 Å². The Morgan fingerprint density at radius 2 is 1.71 bits per heavy atom. The van der Waals surface area contributed by atoms with Crippen LogP contribution in [0.25, 0.3) is 0 Å². The fourth-order valence-corrected chi connectivity index (χ4v) is 4.62. The Morgan fingerprint density at radius 3 is 2.29 bits per heavy atom. The summed E-state index contributed by atoms with van der Waals surface area (Å²) in [5.74, 6) is 1.41. The van der Waals surface area contributed by atoms with Crippen LogP contribution in [0.4, 0.5) is 0 Å². The van der Waals surface area contributed by atoms with Gasteiger partial charge in [0, 0.05) is 13.1 Å². The van der Waals surface area contributed by atoms with Crippen LogP contribution in [0.1, 0.15) is 32.6 Å². The number of nitrogens with zero attached hydrogens (tertiary/aromatic N) is 1. The van der Waals surface area contributed by atoms with Crippen LogP contribution in [0.3, 0.4) is 0 Å². The normalized spacial score (nSPS) is 26.2. The number of hydrogen-bond donors (Lipinski definition) is 1. The Bertz CT molecular complexity index is 328. The molecule has 0 amide bonds. The molecule has 0 saturated carbocycles. The zero-order valence-electron chi connectivity index (χ0n) is 10.7. The smallest absolute Gasteiger partial charge is 0.214 e. The minimum absolute atomic E-state index is 0.362. The molecule has 0 unspecified atom stereocenters. The highest BCUT2D eigenvalue weighted by Crippen LogP contribution is 2.22. The largest absolute Gasteiger partial charge is 0.317 e. The van der Waals surface area contributed by atoms with Gasteiger partial charge in [0.25, 0.3) is 0 Å². The van der Waals surface area contributed by atoms with Crippen molar-refractivity contribution in [2.24, 2.45) is 11.8 Å². The topological polar surface area (TPSA) is 49.4 Å². The summed E-state index contributed by atoms with van der Waals surface area (Å²) < 4.78 is 26.2. The summed E-state index contributed by atoms with van der Waals surface area (Å²) in [6.07, 6.45) is 4.05. The molecule has 4 nitrogen and oxygen atoms in total. The molecule has 2 aliphatic rings. The Morgan fingerprint density at radius 1 is 1.12 bits per heavy atom. The monoisotopic (exact) mass is 260 g/mol. The second-order valence-electron chi connectivity index (χ2n) is 5.55. The van der Waals surface area contributed by atoms with Gasteiger partial charge in [-0.25, -0.2) is 12.7 Å². The zero-order chi connectivity index (χ0) is 12.3. The first-order chi connectivity index (χ1) is 8.08. The van der Waals surface area contributed by atoms with Crippen LogP contribution in [0.15, 0.2) is 0 Å². The van der Waals surface area contributed by atoms with Crippen LogP contribution in [0.5, 0.6) is 0 Å². The maximum Gasteiger partial charge on any atom is 0.214 e. The molecule has 5 heteroatoms. The summed E-state index contributed by atoms with van der Waals surface area (Å²) >= 11 is 0. The molecule has 0 bridgehead atoms. The van der Waals surface area contributed by atoms with E-state index in [-0.39, 0.29) is 0 Å². The van der Waals surface area contributed by atoms with Crippen LogP contribution in [0.2, 0.25) is 0 Å². The standard InChI is InChI=1S/C12H24N2O2S/c1-11-4-8-14(9-5-11)17(15,16)10-12-2-6-13-7-3-12/h11-13H,2-10H2,1H3. The molecule has 2 heterocycles. The lowest BCUT2D eigenvalue weighted by atomic mass is 10.0. The summed E-state index contributed by atoms with van der Waals surface area (Å²) in [7, 11) is -3.00. The van der Waals surface area contributed by atoms with E-state index in [1.807, 2.05) is 0 Å². The molecule has 0 aromatic rings. The van der Waals surface area contributed by atoms with Gasteiger partial charge in [-0.05, 0) is 50.6 Å². The first-order valence-electron chi connectivity index (χ1n) is 6.76. The molecule has 100 valence electrons. The summed E-state index contributed by atoms with van der Waals surface area (Å²) in [6.45, 7) is 5.61. The van der Waals surface area contributed by atoms with E-state index in [1.54, 1.807) is 4.31 Å². The molecule has 0 aromatic heterocycles. The average molecular weight is 260 g/mol. The average Bonchev–Trinajstić information content (AvgIpc) is 2.30. The summed E-state index contributed by atoms with van der Waals surface area (Å²) in [5.41, 5.74) is 0. The number of rotatable bonds is 3. The van der Waals surface area contributed by atoms with E-state index in [0.717, 1.165) is 51.9 Å². The van der Waals surface area contributed by atoms with Crippen molar-refractivity contribution in [1.29, 1.82) is 0 Å². The molecular weight excluding hydrogens is 236 g/mol. The molecule has 2 rings (SSSR count). The first kappa shape index (κ1) is 13.3. The molecule has 0 radical (unpaired) electrons. The van der Waals surface area contributed by atoms with Crippen LogP contribution in [0, 0.1) is 11.8 Å². The zero-order valence-corrected chi connectivity index (χ0v) is 11.5. The molecule has 2 aliphatic heterocycles. The van der Waals surface area contributed by atoms with E-state index in [0.29, 0.717) is 17.6 Å². The predicted molar refractivity (Wildman–Crippen MR) is 69.4 cm³/mol. The number of piperidine rings is 2. The highest BCUT2D eigenvalue weighted by molar-refractivity contribution is 7.89. The highest BCUT2D eigenvalue weighted by Gasteiger charge is 2.29. The van der Waals surface area contributed by atoms with Crippen molar-refractivity contribution in [2.45, 2.75) is 32.6 Å². The van der Waals surface area contributed by atoms with E-state index in [4.69, 9.17) is 0 Å². The minimum atomic E-state index is -3.00. The van der Waals surface area contributed by atoms with E-state index in [9.17, 15) is 8.42 Å². The third-order valence-corrected chi connectivity index (χ3v) is 6.09. The lowest BCUT2D eigenvalue weighted by Gasteiger charge is -2.31. The van der Waals surface area contributed by atoms with Crippen molar-refractivity contribution < 1.29 is 8.42 Å². The van der Waals surface area contributed by atoms with Crippen LogP contribution in [-0.4, -0.2) is 44.7 Å². The lowest BCUT2D eigenvalue weighted by Crippen LogP contribution is -2.42. The second-order valence-corrected chi connectivity index (χ2v) is 7.57. The Kier molecular flexibility index (Phi) is 4.44. The van der Waals surface area contributed by atoms with E-state index in [1.165, 1.54) is 0 Å². The number of nitrogens with one attached hydrogen (secondary N) is 1. The molecule has 0 spiro atoms. The molecular formula is C12H24N2O2S.